The Kier molecular flexibility index (Phi) is 7.13. The molecule has 0 saturated heterocycles. The summed E-state index contributed by atoms with van der Waals surface area (Å²) in [7, 11) is 0. The highest BCUT2D eigenvalue weighted by Gasteiger charge is 2.14. The van der Waals surface area contributed by atoms with Crippen LogP contribution in [0, 0.1) is 0 Å². The molecule has 0 fully saturated rings. The van der Waals surface area contributed by atoms with Gasteiger partial charge in [0.2, 0.25) is 0 Å². The van der Waals surface area contributed by atoms with Crippen LogP contribution in [0.25, 0.3) is 10.3 Å². The van der Waals surface area contributed by atoms with Crippen molar-refractivity contribution in [2.75, 3.05) is 25.1 Å². The van der Waals surface area contributed by atoms with Crippen molar-refractivity contribution in [3.63, 3.8) is 0 Å². The van der Waals surface area contributed by atoms with Gasteiger partial charge in [-0.15, -0.1) is 0 Å². The Hall–Kier alpha value is -1.85. The topological polar surface area (TPSA) is 126 Å². The second-order valence-corrected chi connectivity index (χ2v) is 8.30. The predicted molar refractivity (Wildman–Crippen MR) is 114 cm³/mol. The van der Waals surface area contributed by atoms with Gasteiger partial charge < -0.3 is 20.9 Å². The van der Waals surface area contributed by atoms with Gasteiger partial charge in [-0.2, -0.15) is 0 Å². The van der Waals surface area contributed by atoms with E-state index in [4.69, 9.17) is 22.1 Å². The van der Waals surface area contributed by atoms with Crippen LogP contribution in [0.5, 0.6) is 5.75 Å². The number of thiazole rings is 1. The third kappa shape index (κ3) is 5.15. The van der Waals surface area contributed by atoms with E-state index in [0.29, 0.717) is 51.0 Å². The highest BCUT2D eigenvalue weighted by Crippen LogP contribution is 2.30. The SMILES string of the molecule is C[C@H](CO)Nc1nc(SCc2ccc(OCCN)c(Cl)c2)nc2[nH]c(=O)sc12. The molecule has 0 spiro atoms. The van der Waals surface area contributed by atoms with Crippen LogP contribution >= 0.6 is 34.7 Å². The molecule has 0 aliphatic carbocycles. The molecule has 5 N–H and O–H groups in total. The lowest BCUT2D eigenvalue weighted by molar-refractivity contribution is 0.281. The molecular weight excluding hydrogens is 422 g/mol. The highest BCUT2D eigenvalue weighted by atomic mass is 35.5. The number of H-pyrrole nitrogens is 1. The molecule has 2 heterocycles. The van der Waals surface area contributed by atoms with Gasteiger partial charge in [-0.25, -0.2) is 9.97 Å². The molecule has 0 radical (unpaired) electrons. The Morgan fingerprint density at radius 3 is 3.00 bits per heavy atom. The summed E-state index contributed by atoms with van der Waals surface area (Å²) < 4.78 is 6.11. The highest BCUT2D eigenvalue weighted by molar-refractivity contribution is 7.98. The minimum Gasteiger partial charge on any atom is -0.491 e. The first-order valence-electron chi connectivity index (χ1n) is 8.52. The predicted octanol–water partition coefficient (Wildman–Crippen LogP) is 2.46. The minimum atomic E-state index is -0.203. The number of nitrogens with zero attached hydrogens (tertiary/aromatic N) is 2. The van der Waals surface area contributed by atoms with Crippen LogP contribution < -0.4 is 20.7 Å². The summed E-state index contributed by atoms with van der Waals surface area (Å²) in [5, 5.41) is 13.4. The van der Waals surface area contributed by atoms with Gasteiger partial charge in [-0.05, 0) is 24.6 Å². The van der Waals surface area contributed by atoms with Gasteiger partial charge in [-0.3, -0.25) is 9.78 Å². The van der Waals surface area contributed by atoms with E-state index >= 15 is 0 Å². The third-order valence-corrected chi connectivity index (χ3v) is 5.75. The number of rotatable bonds is 9. The maximum Gasteiger partial charge on any atom is 0.306 e. The average Bonchev–Trinajstić information content (AvgIpc) is 3.06. The maximum atomic E-state index is 11.7. The summed E-state index contributed by atoms with van der Waals surface area (Å²) in [6.07, 6.45) is 0. The molecule has 3 aromatic rings. The fraction of sp³-hybridized carbons (Fsp3) is 0.353. The number of aromatic amines is 1. The molecule has 0 aliphatic rings. The van der Waals surface area contributed by atoms with E-state index in [1.54, 1.807) is 0 Å². The van der Waals surface area contributed by atoms with Gasteiger partial charge in [-0.1, -0.05) is 40.8 Å². The summed E-state index contributed by atoms with van der Waals surface area (Å²) in [4.78, 5) is 23.1. The number of aliphatic hydroxyl groups is 1. The molecule has 150 valence electrons. The zero-order chi connectivity index (χ0) is 20.1. The number of hydrogen-bond acceptors (Lipinski definition) is 9. The summed E-state index contributed by atoms with van der Waals surface area (Å²) in [5.74, 6) is 1.71. The number of thioether (sulfide) groups is 1. The number of hydrogen-bond donors (Lipinski definition) is 4. The summed E-state index contributed by atoms with van der Waals surface area (Å²) >= 11 is 8.70. The Balaban J connectivity index is 1.78. The zero-order valence-electron chi connectivity index (χ0n) is 15.1. The second-order valence-electron chi connectivity index (χ2n) is 5.97. The Morgan fingerprint density at radius 2 is 2.29 bits per heavy atom. The molecule has 0 unspecified atom stereocenters. The van der Waals surface area contributed by atoms with Crippen LogP contribution in [-0.4, -0.2) is 45.9 Å². The van der Waals surface area contributed by atoms with Crippen molar-refractivity contribution in [2.24, 2.45) is 5.73 Å². The number of halogens is 1. The molecule has 0 saturated carbocycles. The van der Waals surface area contributed by atoms with E-state index in [2.05, 4.69) is 20.3 Å². The smallest absolute Gasteiger partial charge is 0.306 e. The first-order chi connectivity index (χ1) is 13.5. The third-order valence-electron chi connectivity index (χ3n) is 3.66. The Bertz CT molecular complexity index is 1010. The Morgan fingerprint density at radius 1 is 1.46 bits per heavy atom. The quantitative estimate of drug-likeness (QED) is 0.294. The number of fused-ring (bicyclic) bond motifs is 1. The van der Waals surface area contributed by atoms with E-state index in [0.717, 1.165) is 16.9 Å². The molecule has 1 atom stereocenters. The summed E-state index contributed by atoms with van der Waals surface area (Å²) in [6.45, 7) is 2.60. The largest absolute Gasteiger partial charge is 0.491 e. The Labute approximate surface area is 174 Å². The van der Waals surface area contributed by atoms with Gasteiger partial charge in [0.05, 0.1) is 11.6 Å². The zero-order valence-corrected chi connectivity index (χ0v) is 17.5. The molecule has 11 heteroatoms. The van der Waals surface area contributed by atoms with Gasteiger partial charge >= 0.3 is 4.87 Å². The maximum absolute atomic E-state index is 11.7. The first kappa shape index (κ1) is 20.9. The molecule has 0 bridgehead atoms. The van der Waals surface area contributed by atoms with E-state index in [1.807, 2.05) is 25.1 Å². The lowest BCUT2D eigenvalue weighted by atomic mass is 10.2. The van der Waals surface area contributed by atoms with Gasteiger partial charge in [0.15, 0.2) is 16.6 Å². The number of nitrogens with one attached hydrogen (secondary N) is 2. The number of anilines is 1. The number of ether oxygens (including phenoxy) is 1. The summed E-state index contributed by atoms with van der Waals surface area (Å²) in [5.41, 5.74) is 6.89. The molecule has 0 amide bonds. The van der Waals surface area contributed by atoms with Crippen molar-refractivity contribution in [3.05, 3.63) is 38.5 Å². The van der Waals surface area contributed by atoms with E-state index < -0.39 is 0 Å². The van der Waals surface area contributed by atoms with Gasteiger partial charge in [0, 0.05) is 18.3 Å². The van der Waals surface area contributed by atoms with Crippen molar-refractivity contribution in [1.82, 2.24) is 15.0 Å². The van der Waals surface area contributed by atoms with Crippen molar-refractivity contribution >= 4 is 50.9 Å². The van der Waals surface area contributed by atoms with Crippen LogP contribution in [0.2, 0.25) is 5.02 Å². The van der Waals surface area contributed by atoms with Crippen molar-refractivity contribution in [1.29, 1.82) is 0 Å². The second kappa shape index (κ2) is 9.57. The summed E-state index contributed by atoms with van der Waals surface area (Å²) in [6, 6.07) is 5.36. The molecule has 0 aliphatic heterocycles. The van der Waals surface area contributed by atoms with E-state index in [1.165, 1.54) is 11.8 Å². The fourth-order valence-corrected chi connectivity index (χ4v) is 4.11. The fourth-order valence-electron chi connectivity index (χ4n) is 2.34. The number of aliphatic hydroxyl groups excluding tert-OH is 1. The van der Waals surface area contributed by atoms with Gasteiger partial charge in [0.1, 0.15) is 17.1 Å². The molecule has 8 nitrogen and oxygen atoms in total. The normalized spacial score (nSPS) is 12.3. The first-order valence-corrected chi connectivity index (χ1v) is 10.7. The minimum absolute atomic E-state index is 0.0512. The van der Waals surface area contributed by atoms with Crippen LogP contribution in [0.3, 0.4) is 0 Å². The molecular formula is C17H20ClN5O3S2. The number of benzene rings is 1. The molecule has 3 rings (SSSR count). The molecule has 1 aromatic carbocycles. The van der Waals surface area contributed by atoms with Crippen LogP contribution in [-0.2, 0) is 5.75 Å². The standard InChI is InChI=1S/C17H20ClN5O3S2/c1-9(7-24)20-14-13-15(23-17(25)28-13)22-16(21-14)27-8-10-2-3-12(11(18)6-10)26-5-4-19/h2-3,6,9,24H,4-5,7-8,19H2,1H3,(H2,20,21,22,23,25)/t9-/m1/s1. The van der Waals surface area contributed by atoms with Crippen LogP contribution in [0.4, 0.5) is 5.82 Å². The van der Waals surface area contributed by atoms with Crippen molar-refractivity contribution < 1.29 is 9.84 Å². The van der Waals surface area contributed by atoms with E-state index in [-0.39, 0.29) is 17.5 Å². The number of nitrogens with two attached hydrogens (primary N) is 1. The van der Waals surface area contributed by atoms with E-state index in [9.17, 15) is 9.90 Å². The van der Waals surface area contributed by atoms with Crippen molar-refractivity contribution in [2.45, 2.75) is 23.9 Å². The lowest BCUT2D eigenvalue weighted by Gasteiger charge is -2.13. The molecule has 2 aromatic heterocycles. The van der Waals surface area contributed by atoms with Crippen LogP contribution in [0.15, 0.2) is 28.2 Å². The average molecular weight is 442 g/mol. The van der Waals surface area contributed by atoms with Gasteiger partial charge in [0.25, 0.3) is 0 Å². The van der Waals surface area contributed by atoms with Crippen molar-refractivity contribution in [3.8, 4) is 5.75 Å². The van der Waals surface area contributed by atoms with Crippen LogP contribution in [0.1, 0.15) is 12.5 Å². The monoisotopic (exact) mass is 441 g/mol. The lowest BCUT2D eigenvalue weighted by Crippen LogP contribution is -2.20. The number of aromatic nitrogens is 3. The molecule has 28 heavy (non-hydrogen) atoms.